The minimum Gasteiger partial charge on any atom is -0.480 e. The van der Waals surface area contributed by atoms with Crippen LogP contribution in [-0.2, 0) is 17.9 Å². The zero-order valence-corrected chi connectivity index (χ0v) is 15.1. The molecule has 134 valence electrons. The number of carboxylic acid groups (broad SMARTS) is 1. The summed E-state index contributed by atoms with van der Waals surface area (Å²) in [5, 5.41) is 17.7. The predicted molar refractivity (Wildman–Crippen MR) is 90.3 cm³/mol. The normalized spacial score (nSPS) is 17.0. The average molecular weight is 345 g/mol. The van der Waals surface area contributed by atoms with Crippen molar-refractivity contribution >= 4 is 11.9 Å². The largest absolute Gasteiger partial charge is 0.480 e. The molecule has 0 fully saturated rings. The molecule has 1 amide bonds. The van der Waals surface area contributed by atoms with Crippen molar-refractivity contribution < 1.29 is 14.7 Å². The molecule has 0 bridgehead atoms. The molecule has 1 atom stereocenters. The fourth-order valence-corrected chi connectivity index (χ4v) is 3.68. The van der Waals surface area contributed by atoms with Crippen LogP contribution in [0.5, 0.6) is 0 Å². The Morgan fingerprint density at radius 2 is 1.92 bits per heavy atom. The number of aryl methyl sites for hydroxylation is 2. The molecule has 3 heterocycles. The number of hydrogen-bond acceptors (Lipinski definition) is 4. The fourth-order valence-electron chi connectivity index (χ4n) is 3.68. The predicted octanol–water partition coefficient (Wildman–Crippen LogP) is 1.69. The number of amides is 1. The summed E-state index contributed by atoms with van der Waals surface area (Å²) in [6.07, 6.45) is 0. The Balaban J connectivity index is 2.01. The smallest absolute Gasteiger partial charge is 0.328 e. The first-order valence-electron chi connectivity index (χ1n) is 8.33. The first kappa shape index (κ1) is 17.2. The number of aliphatic carboxylic acids is 1. The van der Waals surface area contributed by atoms with E-state index in [1.54, 1.807) is 11.5 Å². The van der Waals surface area contributed by atoms with Gasteiger partial charge >= 0.3 is 5.97 Å². The van der Waals surface area contributed by atoms with Gasteiger partial charge in [0, 0.05) is 17.4 Å². The van der Waals surface area contributed by atoms with Gasteiger partial charge in [-0.3, -0.25) is 4.79 Å². The summed E-state index contributed by atoms with van der Waals surface area (Å²) in [4.78, 5) is 26.3. The lowest BCUT2D eigenvalue weighted by Gasteiger charge is -2.33. The molecule has 1 aliphatic rings. The van der Waals surface area contributed by atoms with E-state index in [-0.39, 0.29) is 25.0 Å². The molecule has 0 saturated heterocycles. The van der Waals surface area contributed by atoms with Gasteiger partial charge in [-0.25, -0.2) is 4.79 Å². The van der Waals surface area contributed by atoms with E-state index in [0.717, 1.165) is 11.4 Å². The lowest BCUT2D eigenvalue weighted by Crippen LogP contribution is -2.50. The molecule has 8 nitrogen and oxygen atoms in total. The first-order valence-corrected chi connectivity index (χ1v) is 8.33. The monoisotopic (exact) mass is 345 g/mol. The second-order valence-electron chi connectivity index (χ2n) is 6.81. The summed E-state index contributed by atoms with van der Waals surface area (Å²) < 4.78 is 3.85. The maximum absolute atomic E-state index is 13.1. The lowest BCUT2D eigenvalue weighted by atomic mass is 10.1. The van der Waals surface area contributed by atoms with Crippen molar-refractivity contribution in [2.24, 2.45) is 0 Å². The van der Waals surface area contributed by atoms with Crippen LogP contribution in [0.15, 0.2) is 6.07 Å². The Labute approximate surface area is 146 Å². The number of carboxylic acids is 1. The van der Waals surface area contributed by atoms with Gasteiger partial charge in [0.1, 0.15) is 11.9 Å². The maximum atomic E-state index is 13.1. The Bertz CT molecular complexity index is 849. The topological polar surface area (TPSA) is 93.2 Å². The van der Waals surface area contributed by atoms with Gasteiger partial charge in [-0.1, -0.05) is 0 Å². The van der Waals surface area contributed by atoms with Gasteiger partial charge in [0.15, 0.2) is 5.82 Å². The molecule has 2 aromatic heterocycles. The fraction of sp³-hybridized carbons (Fsp3) is 0.529. The number of aromatic nitrogens is 4. The van der Waals surface area contributed by atoms with E-state index in [1.807, 2.05) is 19.9 Å². The Morgan fingerprint density at radius 3 is 2.48 bits per heavy atom. The van der Waals surface area contributed by atoms with Crippen molar-refractivity contribution in [2.75, 3.05) is 0 Å². The third-order valence-corrected chi connectivity index (χ3v) is 4.83. The van der Waals surface area contributed by atoms with E-state index in [0.29, 0.717) is 17.2 Å². The van der Waals surface area contributed by atoms with Crippen LogP contribution < -0.4 is 0 Å². The van der Waals surface area contributed by atoms with Crippen molar-refractivity contribution in [3.05, 3.63) is 34.7 Å². The van der Waals surface area contributed by atoms with Crippen molar-refractivity contribution in [2.45, 2.75) is 59.8 Å². The molecule has 1 N–H and O–H groups in total. The third kappa shape index (κ3) is 2.71. The average Bonchev–Trinajstić information content (AvgIpc) is 3.05. The maximum Gasteiger partial charge on any atom is 0.328 e. The highest BCUT2D eigenvalue weighted by molar-refractivity contribution is 5.98. The molecule has 8 heteroatoms. The van der Waals surface area contributed by atoms with E-state index in [1.165, 1.54) is 4.90 Å². The Kier molecular flexibility index (Phi) is 4.14. The van der Waals surface area contributed by atoms with Crippen molar-refractivity contribution in [3.8, 4) is 0 Å². The van der Waals surface area contributed by atoms with Crippen LogP contribution in [0, 0.1) is 20.8 Å². The highest BCUT2D eigenvalue weighted by atomic mass is 16.4. The number of rotatable bonds is 3. The van der Waals surface area contributed by atoms with Gasteiger partial charge in [0.2, 0.25) is 0 Å². The molecule has 0 aromatic carbocycles. The van der Waals surface area contributed by atoms with E-state index >= 15 is 0 Å². The molecule has 1 aliphatic heterocycles. The highest BCUT2D eigenvalue weighted by Crippen LogP contribution is 2.25. The van der Waals surface area contributed by atoms with Crippen LogP contribution in [0.3, 0.4) is 0 Å². The van der Waals surface area contributed by atoms with Crippen molar-refractivity contribution in [1.29, 1.82) is 0 Å². The summed E-state index contributed by atoms with van der Waals surface area (Å²) >= 11 is 0. The summed E-state index contributed by atoms with van der Waals surface area (Å²) in [5.41, 5.74) is 2.38. The van der Waals surface area contributed by atoms with E-state index in [4.69, 9.17) is 0 Å². The minimum atomic E-state index is -1.02. The third-order valence-electron chi connectivity index (χ3n) is 4.83. The SMILES string of the molecule is Cc1nnc2n1CC(C(=O)O)N(C(=O)c1cc(C)n(C(C)C)c1C)C2. The lowest BCUT2D eigenvalue weighted by molar-refractivity contribution is -0.143. The summed E-state index contributed by atoms with van der Waals surface area (Å²) in [7, 11) is 0. The van der Waals surface area contributed by atoms with E-state index in [9.17, 15) is 14.7 Å². The van der Waals surface area contributed by atoms with E-state index < -0.39 is 12.0 Å². The molecule has 0 saturated carbocycles. The van der Waals surface area contributed by atoms with Crippen LogP contribution >= 0.6 is 0 Å². The van der Waals surface area contributed by atoms with Gasteiger partial charge in [-0.15, -0.1) is 10.2 Å². The van der Waals surface area contributed by atoms with Crippen LogP contribution in [0.4, 0.5) is 0 Å². The van der Waals surface area contributed by atoms with E-state index in [2.05, 4.69) is 28.6 Å². The Morgan fingerprint density at radius 1 is 1.24 bits per heavy atom. The quantitative estimate of drug-likeness (QED) is 0.914. The highest BCUT2D eigenvalue weighted by Gasteiger charge is 2.37. The summed E-state index contributed by atoms with van der Waals surface area (Å²) in [6.45, 7) is 10.0. The molecule has 2 aromatic rings. The van der Waals surface area contributed by atoms with Crippen molar-refractivity contribution in [1.82, 2.24) is 24.2 Å². The molecule has 1 unspecified atom stereocenters. The number of carbonyl (C=O) groups excluding carboxylic acids is 1. The minimum absolute atomic E-state index is 0.141. The number of hydrogen-bond donors (Lipinski definition) is 1. The van der Waals surface area contributed by atoms with Gasteiger partial charge in [0.25, 0.3) is 5.91 Å². The summed E-state index contributed by atoms with van der Waals surface area (Å²) in [5.74, 6) is -0.0311. The molecule has 3 rings (SSSR count). The first-order chi connectivity index (χ1) is 11.7. The second kappa shape index (κ2) is 6.02. The molecular weight excluding hydrogens is 322 g/mol. The molecule has 0 aliphatic carbocycles. The molecular formula is C17H23N5O3. The van der Waals surface area contributed by atoms with Crippen LogP contribution in [0.25, 0.3) is 0 Å². The van der Waals surface area contributed by atoms with Gasteiger partial charge < -0.3 is 19.1 Å². The molecule has 0 spiro atoms. The van der Waals surface area contributed by atoms with Crippen molar-refractivity contribution in [3.63, 3.8) is 0 Å². The molecule has 0 radical (unpaired) electrons. The van der Waals surface area contributed by atoms with Crippen LogP contribution in [0.2, 0.25) is 0 Å². The van der Waals surface area contributed by atoms with Gasteiger partial charge in [-0.2, -0.15) is 0 Å². The standard InChI is InChI=1S/C17H23N5O3/c1-9(2)22-10(3)6-13(11(22)4)16(23)21-8-15-19-18-12(5)20(15)7-14(21)17(24)25/h6,9,14H,7-8H2,1-5H3,(H,24,25). The molecule has 25 heavy (non-hydrogen) atoms. The number of fused-ring (bicyclic) bond motifs is 1. The zero-order valence-electron chi connectivity index (χ0n) is 15.1. The number of carbonyl (C=O) groups is 2. The Hall–Kier alpha value is -2.64. The van der Waals surface area contributed by atoms with Gasteiger partial charge in [0.05, 0.1) is 18.7 Å². The summed E-state index contributed by atoms with van der Waals surface area (Å²) in [6, 6.07) is 1.13. The van der Waals surface area contributed by atoms with Crippen LogP contribution in [-0.4, -0.2) is 47.3 Å². The van der Waals surface area contributed by atoms with Gasteiger partial charge in [-0.05, 0) is 40.7 Å². The second-order valence-corrected chi connectivity index (χ2v) is 6.81. The number of nitrogens with zero attached hydrogens (tertiary/aromatic N) is 5. The van der Waals surface area contributed by atoms with Crippen LogP contribution in [0.1, 0.15) is 53.3 Å². The zero-order chi connectivity index (χ0) is 18.5.